The summed E-state index contributed by atoms with van der Waals surface area (Å²) in [6, 6.07) is 7.91. The van der Waals surface area contributed by atoms with Gasteiger partial charge in [-0.3, -0.25) is 9.59 Å². The number of ether oxygens (including phenoxy) is 1. The smallest absolute Gasteiger partial charge is 0.315 e. The van der Waals surface area contributed by atoms with Crippen molar-refractivity contribution in [1.82, 2.24) is 0 Å². The highest BCUT2D eigenvalue weighted by molar-refractivity contribution is 14.1. The van der Waals surface area contributed by atoms with E-state index in [1.807, 2.05) is 24.3 Å². The van der Waals surface area contributed by atoms with Crippen LogP contribution in [0.4, 0.5) is 0 Å². The van der Waals surface area contributed by atoms with Crippen molar-refractivity contribution in [3.8, 4) is 0 Å². The molecule has 0 spiro atoms. The molecular formula is C13H15IO3. The number of carbonyl (C=O) groups excluding carboxylic acids is 2. The van der Waals surface area contributed by atoms with Crippen LogP contribution < -0.4 is 0 Å². The Balaban J connectivity index is 2.54. The van der Waals surface area contributed by atoms with Gasteiger partial charge in [0.05, 0.1) is 7.11 Å². The van der Waals surface area contributed by atoms with E-state index in [0.717, 1.165) is 9.13 Å². The van der Waals surface area contributed by atoms with E-state index in [1.54, 1.807) is 6.92 Å². The molecule has 0 amide bonds. The van der Waals surface area contributed by atoms with Crippen molar-refractivity contribution in [2.24, 2.45) is 5.92 Å². The van der Waals surface area contributed by atoms with Crippen molar-refractivity contribution >= 4 is 34.3 Å². The third-order valence-electron chi connectivity index (χ3n) is 2.64. The van der Waals surface area contributed by atoms with Gasteiger partial charge in [-0.15, -0.1) is 0 Å². The summed E-state index contributed by atoms with van der Waals surface area (Å²) in [5, 5.41) is 0. The molecule has 0 aromatic heterocycles. The molecule has 0 N–H and O–H groups in total. The van der Waals surface area contributed by atoms with Crippen LogP contribution in [0.15, 0.2) is 24.3 Å². The van der Waals surface area contributed by atoms with Crippen molar-refractivity contribution < 1.29 is 14.3 Å². The second-order valence-electron chi connectivity index (χ2n) is 3.80. The Labute approximate surface area is 115 Å². The van der Waals surface area contributed by atoms with Crippen LogP contribution >= 0.6 is 22.6 Å². The molecule has 0 aliphatic carbocycles. The third kappa shape index (κ3) is 4.11. The summed E-state index contributed by atoms with van der Waals surface area (Å²) in [5.41, 5.74) is 1.14. The molecule has 4 heteroatoms. The van der Waals surface area contributed by atoms with Gasteiger partial charge in [0, 0.05) is 9.99 Å². The molecule has 0 bridgehead atoms. The normalized spacial score (nSPS) is 11.9. The SMILES string of the molecule is COC(=O)C(C)C(=O)CCc1ccccc1I. The van der Waals surface area contributed by atoms with Crippen LogP contribution in [-0.2, 0) is 20.7 Å². The molecule has 92 valence electrons. The minimum absolute atomic E-state index is 0.0727. The van der Waals surface area contributed by atoms with Gasteiger partial charge in [-0.2, -0.15) is 0 Å². The highest BCUT2D eigenvalue weighted by Gasteiger charge is 2.21. The Bertz CT molecular complexity index is 415. The number of ketones is 1. The van der Waals surface area contributed by atoms with Crippen LogP contribution in [0.2, 0.25) is 0 Å². The Morgan fingerprint density at radius 2 is 2.00 bits per heavy atom. The monoisotopic (exact) mass is 346 g/mol. The summed E-state index contributed by atoms with van der Waals surface area (Å²) in [7, 11) is 1.30. The van der Waals surface area contributed by atoms with Gasteiger partial charge in [0.25, 0.3) is 0 Å². The van der Waals surface area contributed by atoms with E-state index in [4.69, 9.17) is 0 Å². The molecule has 3 nitrogen and oxygen atoms in total. The van der Waals surface area contributed by atoms with E-state index >= 15 is 0 Å². The lowest BCUT2D eigenvalue weighted by atomic mass is 10.00. The zero-order valence-electron chi connectivity index (χ0n) is 9.90. The number of hydrogen-bond acceptors (Lipinski definition) is 3. The number of esters is 1. The van der Waals surface area contributed by atoms with Crippen LogP contribution in [0.5, 0.6) is 0 Å². The summed E-state index contributed by atoms with van der Waals surface area (Å²) < 4.78 is 5.69. The summed E-state index contributed by atoms with van der Waals surface area (Å²) >= 11 is 2.24. The number of rotatable bonds is 5. The van der Waals surface area contributed by atoms with Gasteiger partial charge in [-0.25, -0.2) is 0 Å². The predicted molar refractivity (Wildman–Crippen MR) is 73.7 cm³/mol. The summed E-state index contributed by atoms with van der Waals surface area (Å²) in [6.07, 6.45) is 1.04. The van der Waals surface area contributed by atoms with Gasteiger partial charge >= 0.3 is 5.97 Å². The molecule has 1 atom stereocenters. The van der Waals surface area contributed by atoms with Crippen molar-refractivity contribution in [3.05, 3.63) is 33.4 Å². The Kier molecular flexibility index (Phi) is 5.61. The zero-order valence-corrected chi connectivity index (χ0v) is 12.1. The maximum Gasteiger partial charge on any atom is 0.315 e. The molecule has 0 radical (unpaired) electrons. The first kappa shape index (κ1) is 14.2. The number of benzene rings is 1. The third-order valence-corrected chi connectivity index (χ3v) is 3.69. The van der Waals surface area contributed by atoms with Crippen molar-refractivity contribution in [1.29, 1.82) is 0 Å². The predicted octanol–water partition coefficient (Wildman–Crippen LogP) is 2.60. The minimum atomic E-state index is -0.665. The summed E-state index contributed by atoms with van der Waals surface area (Å²) in [6.45, 7) is 1.59. The fourth-order valence-electron chi connectivity index (χ4n) is 1.48. The number of halogens is 1. The second-order valence-corrected chi connectivity index (χ2v) is 4.96. The van der Waals surface area contributed by atoms with Gasteiger partial charge < -0.3 is 4.74 Å². The molecular weight excluding hydrogens is 331 g/mol. The van der Waals surface area contributed by atoms with E-state index in [0.29, 0.717) is 12.8 Å². The Hall–Kier alpha value is -0.910. The van der Waals surface area contributed by atoms with E-state index < -0.39 is 11.9 Å². The highest BCUT2D eigenvalue weighted by atomic mass is 127. The standard InChI is InChI=1S/C13H15IO3/c1-9(13(16)17-2)12(15)8-7-10-5-3-4-6-11(10)14/h3-6,9H,7-8H2,1-2H3. The molecule has 1 rings (SSSR count). The molecule has 0 fully saturated rings. The minimum Gasteiger partial charge on any atom is -0.468 e. The average Bonchev–Trinajstić information content (AvgIpc) is 2.35. The van der Waals surface area contributed by atoms with Gasteiger partial charge in [0.15, 0.2) is 0 Å². The molecule has 1 aromatic rings. The van der Waals surface area contributed by atoms with Crippen LogP contribution in [0.1, 0.15) is 18.9 Å². The maximum absolute atomic E-state index is 11.7. The zero-order chi connectivity index (χ0) is 12.8. The van der Waals surface area contributed by atoms with Crippen molar-refractivity contribution in [2.45, 2.75) is 19.8 Å². The summed E-state index contributed by atoms with van der Waals surface area (Å²) in [4.78, 5) is 22.9. The Morgan fingerprint density at radius 3 is 2.59 bits per heavy atom. The first-order valence-corrected chi connectivity index (χ1v) is 6.48. The molecule has 1 unspecified atom stereocenters. The largest absolute Gasteiger partial charge is 0.468 e. The van der Waals surface area contributed by atoms with Crippen LogP contribution in [-0.4, -0.2) is 18.9 Å². The fraction of sp³-hybridized carbons (Fsp3) is 0.385. The first-order valence-electron chi connectivity index (χ1n) is 5.40. The molecule has 0 aliphatic rings. The van der Waals surface area contributed by atoms with Gasteiger partial charge in [0.2, 0.25) is 0 Å². The molecule has 0 aliphatic heterocycles. The molecule has 1 aromatic carbocycles. The van der Waals surface area contributed by atoms with Crippen molar-refractivity contribution in [3.63, 3.8) is 0 Å². The first-order chi connectivity index (χ1) is 8.06. The lowest BCUT2D eigenvalue weighted by Gasteiger charge is -2.08. The fourth-order valence-corrected chi connectivity index (χ4v) is 2.14. The van der Waals surface area contributed by atoms with Crippen LogP contribution in [0, 0.1) is 9.49 Å². The van der Waals surface area contributed by atoms with Gasteiger partial charge in [0.1, 0.15) is 11.7 Å². The number of aryl methyl sites for hydroxylation is 1. The maximum atomic E-state index is 11.7. The lowest BCUT2D eigenvalue weighted by molar-refractivity contribution is -0.148. The number of carbonyl (C=O) groups is 2. The molecule has 0 heterocycles. The quantitative estimate of drug-likeness (QED) is 0.468. The molecule has 17 heavy (non-hydrogen) atoms. The highest BCUT2D eigenvalue weighted by Crippen LogP contribution is 2.15. The van der Waals surface area contributed by atoms with Crippen LogP contribution in [0.3, 0.4) is 0 Å². The van der Waals surface area contributed by atoms with E-state index in [-0.39, 0.29) is 5.78 Å². The van der Waals surface area contributed by atoms with Gasteiger partial charge in [-0.1, -0.05) is 18.2 Å². The number of Topliss-reactive ketones (excluding diaryl/α,β-unsaturated/α-hetero) is 1. The summed E-state index contributed by atoms with van der Waals surface area (Å²) in [5.74, 6) is -1.20. The van der Waals surface area contributed by atoms with Crippen LogP contribution in [0.25, 0.3) is 0 Å². The Morgan fingerprint density at radius 1 is 1.35 bits per heavy atom. The van der Waals surface area contributed by atoms with E-state index in [2.05, 4.69) is 27.3 Å². The molecule has 0 saturated carbocycles. The second kappa shape index (κ2) is 6.74. The number of methoxy groups -OCH3 is 1. The lowest BCUT2D eigenvalue weighted by Crippen LogP contribution is -2.22. The van der Waals surface area contributed by atoms with E-state index in [1.165, 1.54) is 7.11 Å². The number of hydrogen-bond donors (Lipinski definition) is 0. The van der Waals surface area contributed by atoms with Gasteiger partial charge in [-0.05, 0) is 47.6 Å². The van der Waals surface area contributed by atoms with Crippen molar-refractivity contribution in [2.75, 3.05) is 7.11 Å². The molecule has 0 saturated heterocycles. The topological polar surface area (TPSA) is 43.4 Å². The average molecular weight is 346 g/mol. The van der Waals surface area contributed by atoms with E-state index in [9.17, 15) is 9.59 Å².